The molecule has 94 valence electrons. The van der Waals surface area contributed by atoms with Gasteiger partial charge in [0.05, 0.1) is 13.0 Å². The first-order valence-electron chi connectivity index (χ1n) is 5.42. The maximum absolute atomic E-state index is 11.6. The normalized spacial score (nSPS) is 31.3. The van der Waals surface area contributed by atoms with E-state index < -0.39 is 29.6 Å². The Bertz CT molecular complexity index is 362. The second-order valence-electron chi connectivity index (χ2n) is 4.46. The van der Waals surface area contributed by atoms with Gasteiger partial charge in [0.1, 0.15) is 17.3 Å². The highest BCUT2D eigenvalue weighted by atomic mass is 16.5. The number of carbonyl (C=O) groups excluding carboxylic acids is 4. The second-order valence-corrected chi connectivity index (χ2v) is 4.46. The van der Waals surface area contributed by atoms with Crippen LogP contribution in [0.4, 0.5) is 0 Å². The first-order chi connectivity index (χ1) is 7.82. The van der Waals surface area contributed by atoms with Crippen LogP contribution in [-0.4, -0.2) is 30.4 Å². The summed E-state index contributed by atoms with van der Waals surface area (Å²) in [6.45, 7) is 3.99. The summed E-state index contributed by atoms with van der Waals surface area (Å²) >= 11 is 0. The molecule has 0 N–H and O–H groups in total. The van der Waals surface area contributed by atoms with Crippen LogP contribution in [0.3, 0.4) is 0 Å². The van der Waals surface area contributed by atoms with Crippen molar-refractivity contribution < 1.29 is 23.9 Å². The van der Waals surface area contributed by atoms with E-state index in [-0.39, 0.29) is 17.3 Å². The highest BCUT2D eigenvalue weighted by molar-refractivity contribution is 6.01. The summed E-state index contributed by atoms with van der Waals surface area (Å²) in [7, 11) is 1.21. The molecule has 0 saturated heterocycles. The molecule has 1 aliphatic carbocycles. The first kappa shape index (κ1) is 13.5. The van der Waals surface area contributed by atoms with Gasteiger partial charge in [-0.3, -0.25) is 19.2 Å². The summed E-state index contributed by atoms with van der Waals surface area (Å²) in [4.78, 5) is 45.9. The van der Waals surface area contributed by atoms with Gasteiger partial charge in [0.25, 0.3) is 0 Å². The number of ketones is 3. The smallest absolute Gasteiger partial charge is 0.310 e. The summed E-state index contributed by atoms with van der Waals surface area (Å²) in [6, 6.07) is 0. The maximum Gasteiger partial charge on any atom is 0.310 e. The van der Waals surface area contributed by atoms with E-state index in [4.69, 9.17) is 0 Å². The number of carbonyl (C=O) groups is 4. The highest BCUT2D eigenvalue weighted by Crippen LogP contribution is 2.48. The predicted molar refractivity (Wildman–Crippen MR) is 58.0 cm³/mol. The molecule has 1 saturated carbocycles. The van der Waals surface area contributed by atoms with Crippen LogP contribution in [0.25, 0.3) is 0 Å². The molecule has 0 aromatic heterocycles. The van der Waals surface area contributed by atoms with Crippen LogP contribution in [0, 0.1) is 23.7 Å². The highest BCUT2D eigenvalue weighted by Gasteiger charge is 2.60. The fraction of sp³-hybridized carbons (Fsp3) is 0.667. The van der Waals surface area contributed by atoms with Gasteiger partial charge in [-0.25, -0.2) is 0 Å². The number of rotatable bonds is 4. The van der Waals surface area contributed by atoms with Crippen LogP contribution in [0.1, 0.15) is 20.8 Å². The Kier molecular flexibility index (Phi) is 3.80. The van der Waals surface area contributed by atoms with Crippen molar-refractivity contribution in [2.45, 2.75) is 20.8 Å². The number of ether oxygens (including phenoxy) is 1. The molecule has 0 aromatic rings. The van der Waals surface area contributed by atoms with Crippen LogP contribution in [0.2, 0.25) is 0 Å². The van der Waals surface area contributed by atoms with E-state index in [1.54, 1.807) is 0 Å². The molecule has 2 atom stereocenters. The molecule has 5 heteroatoms. The zero-order chi connectivity index (χ0) is 13.3. The minimum Gasteiger partial charge on any atom is -0.469 e. The van der Waals surface area contributed by atoms with E-state index in [0.29, 0.717) is 0 Å². The van der Waals surface area contributed by atoms with Crippen LogP contribution < -0.4 is 0 Å². The molecule has 0 aliphatic heterocycles. The molecule has 2 unspecified atom stereocenters. The molecule has 0 bridgehead atoms. The van der Waals surface area contributed by atoms with Gasteiger partial charge in [0.2, 0.25) is 0 Å². The van der Waals surface area contributed by atoms with E-state index in [1.165, 1.54) is 27.9 Å². The largest absolute Gasteiger partial charge is 0.469 e. The topological polar surface area (TPSA) is 77.5 Å². The number of hydrogen-bond donors (Lipinski definition) is 0. The Morgan fingerprint density at radius 3 is 1.24 bits per heavy atom. The third-order valence-corrected chi connectivity index (χ3v) is 3.43. The molecule has 0 aromatic carbocycles. The van der Waals surface area contributed by atoms with Crippen molar-refractivity contribution >= 4 is 23.3 Å². The predicted octanol–water partition coefficient (Wildman–Crippen LogP) is 0.405. The average molecular weight is 240 g/mol. The molecule has 0 heterocycles. The first-order valence-corrected chi connectivity index (χ1v) is 5.42. The van der Waals surface area contributed by atoms with Gasteiger partial charge >= 0.3 is 5.97 Å². The Morgan fingerprint density at radius 2 is 1.00 bits per heavy atom. The summed E-state index contributed by atoms with van der Waals surface area (Å²) in [5.41, 5.74) is 0. The van der Waals surface area contributed by atoms with Gasteiger partial charge in [0.15, 0.2) is 0 Å². The number of esters is 1. The van der Waals surface area contributed by atoms with Crippen molar-refractivity contribution in [3.63, 3.8) is 0 Å². The molecule has 0 radical (unpaired) electrons. The van der Waals surface area contributed by atoms with E-state index in [1.807, 2.05) is 0 Å². The average Bonchev–Trinajstić information content (AvgIpc) is 2.13. The van der Waals surface area contributed by atoms with Crippen molar-refractivity contribution in [1.29, 1.82) is 0 Å². The monoisotopic (exact) mass is 240 g/mol. The zero-order valence-electron chi connectivity index (χ0n) is 10.4. The van der Waals surface area contributed by atoms with Gasteiger partial charge in [-0.2, -0.15) is 0 Å². The number of Topliss-reactive ketones (excluding diaryl/α,β-unsaturated/α-hetero) is 3. The molecular formula is C12H16O5. The summed E-state index contributed by atoms with van der Waals surface area (Å²) in [5.74, 6) is -4.23. The minimum atomic E-state index is -0.802. The number of methoxy groups -OCH3 is 1. The third kappa shape index (κ3) is 2.14. The third-order valence-electron chi connectivity index (χ3n) is 3.43. The molecule has 0 amide bonds. The Hall–Kier alpha value is -1.52. The summed E-state index contributed by atoms with van der Waals surface area (Å²) < 4.78 is 4.59. The van der Waals surface area contributed by atoms with Crippen molar-refractivity contribution in [3.05, 3.63) is 0 Å². The second kappa shape index (κ2) is 4.77. The molecule has 0 spiro atoms. The minimum absolute atomic E-state index is 0.231. The Balaban J connectivity index is 3.08. The SMILES string of the molecule is COC(=O)C1C(C(C)=O)C(C(C)=O)C1C(C)=O. The van der Waals surface area contributed by atoms with Gasteiger partial charge in [0, 0.05) is 17.8 Å². The van der Waals surface area contributed by atoms with Gasteiger partial charge < -0.3 is 4.74 Å². The van der Waals surface area contributed by atoms with E-state index in [2.05, 4.69) is 4.74 Å². The quantitative estimate of drug-likeness (QED) is 0.665. The van der Waals surface area contributed by atoms with Gasteiger partial charge in [-0.15, -0.1) is 0 Å². The Morgan fingerprint density at radius 1 is 0.706 bits per heavy atom. The van der Waals surface area contributed by atoms with Gasteiger partial charge in [-0.1, -0.05) is 0 Å². The van der Waals surface area contributed by atoms with E-state index in [9.17, 15) is 19.2 Å². The molecule has 1 fully saturated rings. The fourth-order valence-electron chi connectivity index (χ4n) is 2.69. The van der Waals surface area contributed by atoms with Crippen LogP contribution in [0.15, 0.2) is 0 Å². The molecular weight excluding hydrogens is 224 g/mol. The lowest BCUT2D eigenvalue weighted by atomic mass is 9.53. The van der Waals surface area contributed by atoms with Crippen LogP contribution >= 0.6 is 0 Å². The van der Waals surface area contributed by atoms with Crippen molar-refractivity contribution in [3.8, 4) is 0 Å². The maximum atomic E-state index is 11.6. The van der Waals surface area contributed by atoms with Crippen LogP contribution in [-0.2, 0) is 23.9 Å². The van der Waals surface area contributed by atoms with Crippen molar-refractivity contribution in [1.82, 2.24) is 0 Å². The molecule has 5 nitrogen and oxygen atoms in total. The van der Waals surface area contributed by atoms with Crippen molar-refractivity contribution in [2.24, 2.45) is 23.7 Å². The molecule has 1 aliphatic rings. The lowest BCUT2D eigenvalue weighted by Gasteiger charge is -2.46. The summed E-state index contributed by atoms with van der Waals surface area (Å²) in [5, 5.41) is 0. The fourth-order valence-corrected chi connectivity index (χ4v) is 2.69. The van der Waals surface area contributed by atoms with Gasteiger partial charge in [-0.05, 0) is 20.8 Å². The van der Waals surface area contributed by atoms with Crippen LogP contribution in [0.5, 0.6) is 0 Å². The summed E-state index contributed by atoms with van der Waals surface area (Å²) in [6.07, 6.45) is 0. The number of hydrogen-bond acceptors (Lipinski definition) is 5. The van der Waals surface area contributed by atoms with E-state index >= 15 is 0 Å². The lowest BCUT2D eigenvalue weighted by Crippen LogP contribution is -2.58. The standard InChI is InChI=1S/C12H16O5/c1-5(13)8-9(6(2)14)11(12(16)17-4)10(8)7(3)15/h8-11H,1-4H3. The van der Waals surface area contributed by atoms with Crippen molar-refractivity contribution in [2.75, 3.05) is 7.11 Å². The van der Waals surface area contributed by atoms with E-state index in [0.717, 1.165) is 0 Å². The lowest BCUT2D eigenvalue weighted by molar-refractivity contribution is -0.173. The zero-order valence-corrected chi connectivity index (χ0v) is 10.4. The Labute approximate surface area is 99.5 Å². The molecule has 1 rings (SSSR count). The molecule has 17 heavy (non-hydrogen) atoms.